The smallest absolute Gasteiger partial charge is 0.309 e. The highest BCUT2D eigenvalue weighted by atomic mass is 19.1. The fraction of sp³-hybridized carbons (Fsp3) is 0.308. The average Bonchev–Trinajstić information content (AvgIpc) is 2.84. The molecule has 0 spiro atoms. The van der Waals surface area contributed by atoms with Crippen molar-refractivity contribution in [2.45, 2.75) is 32.3 Å². The number of fused-ring (bicyclic) bond motifs is 1. The molecule has 6 nitrogen and oxygen atoms in total. The van der Waals surface area contributed by atoms with E-state index in [-0.39, 0.29) is 17.4 Å². The predicted molar refractivity (Wildman–Crippen MR) is 126 cm³/mol. The lowest BCUT2D eigenvalue weighted by Crippen LogP contribution is -2.24. The van der Waals surface area contributed by atoms with E-state index in [0.717, 1.165) is 35.1 Å². The van der Waals surface area contributed by atoms with Crippen LogP contribution in [-0.2, 0) is 15.9 Å². The average molecular weight is 451 g/mol. The number of nitrogens with zero attached hydrogens (tertiary/aromatic N) is 2. The Hall–Kier alpha value is -3.29. The molecule has 7 heteroatoms. The summed E-state index contributed by atoms with van der Waals surface area (Å²) in [5.41, 5.74) is 3.23. The Labute approximate surface area is 191 Å². The molecular weight excluding hydrogens is 423 g/mol. The van der Waals surface area contributed by atoms with Crippen LogP contribution >= 0.6 is 0 Å². The van der Waals surface area contributed by atoms with E-state index in [0.29, 0.717) is 36.4 Å². The molecule has 1 aliphatic heterocycles. The highest BCUT2D eigenvalue weighted by Gasteiger charge is 2.18. The molecule has 1 saturated heterocycles. The number of rotatable bonds is 7. The molecule has 1 aromatic carbocycles. The van der Waals surface area contributed by atoms with E-state index in [4.69, 9.17) is 9.47 Å². The van der Waals surface area contributed by atoms with Crippen molar-refractivity contribution in [3.63, 3.8) is 0 Å². The molecule has 1 aliphatic rings. The van der Waals surface area contributed by atoms with Gasteiger partial charge in [-0.1, -0.05) is 30.4 Å². The third kappa shape index (κ3) is 5.38. The molecule has 1 fully saturated rings. The summed E-state index contributed by atoms with van der Waals surface area (Å²) in [6.45, 7) is 3.72. The van der Waals surface area contributed by atoms with E-state index in [1.807, 2.05) is 25.2 Å². The Kier molecular flexibility index (Phi) is 7.32. The number of hydrogen-bond acceptors (Lipinski definition) is 5. The number of pyridine rings is 2. The zero-order valence-electron chi connectivity index (χ0n) is 18.5. The second-order valence-corrected chi connectivity index (χ2v) is 7.99. The van der Waals surface area contributed by atoms with E-state index in [1.165, 1.54) is 18.3 Å². The Balaban J connectivity index is 1.68. The maximum atomic E-state index is 13.2. The Morgan fingerprint density at radius 3 is 2.76 bits per heavy atom. The van der Waals surface area contributed by atoms with E-state index in [9.17, 15) is 14.4 Å². The summed E-state index contributed by atoms with van der Waals surface area (Å²) in [5, 5.41) is 10.5. The lowest BCUT2D eigenvalue weighted by Gasteiger charge is -2.23. The van der Waals surface area contributed by atoms with Gasteiger partial charge in [0.1, 0.15) is 11.3 Å². The first-order valence-corrected chi connectivity index (χ1v) is 11.1. The fourth-order valence-electron chi connectivity index (χ4n) is 3.97. The van der Waals surface area contributed by atoms with E-state index in [2.05, 4.69) is 4.98 Å². The summed E-state index contributed by atoms with van der Waals surface area (Å²) < 4.78 is 25.3. The van der Waals surface area contributed by atoms with Gasteiger partial charge in [-0.2, -0.15) is 4.73 Å². The van der Waals surface area contributed by atoms with Gasteiger partial charge in [0.25, 0.3) is 0 Å². The van der Waals surface area contributed by atoms with Gasteiger partial charge >= 0.3 is 5.56 Å². The van der Waals surface area contributed by atoms with Crippen molar-refractivity contribution in [2.24, 2.45) is 0 Å². The van der Waals surface area contributed by atoms with Crippen molar-refractivity contribution in [3.05, 3.63) is 87.7 Å². The molecule has 0 atom stereocenters. The van der Waals surface area contributed by atoms with Crippen molar-refractivity contribution in [2.75, 3.05) is 19.8 Å². The minimum absolute atomic E-state index is 0.133. The molecule has 0 bridgehead atoms. The van der Waals surface area contributed by atoms with Gasteiger partial charge in [-0.15, -0.1) is 0 Å². The fourth-order valence-corrected chi connectivity index (χ4v) is 3.97. The Morgan fingerprint density at radius 1 is 1.27 bits per heavy atom. The quantitative estimate of drug-likeness (QED) is 0.532. The van der Waals surface area contributed by atoms with Crippen LogP contribution in [0, 0.1) is 5.82 Å². The lowest BCUT2D eigenvalue weighted by molar-refractivity contribution is -0.0205. The van der Waals surface area contributed by atoms with Crippen LogP contribution in [0.3, 0.4) is 0 Å². The molecule has 33 heavy (non-hydrogen) atoms. The molecule has 2 aromatic heterocycles. The Morgan fingerprint density at radius 2 is 2.03 bits per heavy atom. The van der Waals surface area contributed by atoms with Crippen molar-refractivity contribution in [1.82, 2.24) is 9.71 Å². The third-order valence-electron chi connectivity index (χ3n) is 5.82. The van der Waals surface area contributed by atoms with Crippen LogP contribution in [0.25, 0.3) is 22.6 Å². The standard InChI is InChI=1S/C26H27FN2O4/c1-2-19(17-33-22-11-14-32-15-12-22)24-20(5-3-4-18-6-8-21(27)9-7-18)16-28-25-23(24)10-13-29(31)26(25)30/h2-3,5-10,13,16,22,31H,4,11-12,14-15,17H2,1H3/b5-3+,19-2-. The number of halogens is 1. The van der Waals surface area contributed by atoms with Crippen LogP contribution in [0.15, 0.2) is 59.7 Å². The second-order valence-electron chi connectivity index (χ2n) is 7.99. The summed E-state index contributed by atoms with van der Waals surface area (Å²) in [5.74, 6) is -0.263. The molecule has 172 valence electrons. The van der Waals surface area contributed by atoms with Crippen LogP contribution in [-0.4, -0.2) is 40.8 Å². The van der Waals surface area contributed by atoms with Crippen LogP contribution in [0.5, 0.6) is 0 Å². The molecular formula is C26H27FN2O4. The first-order chi connectivity index (χ1) is 16.1. The second kappa shape index (κ2) is 10.6. The van der Waals surface area contributed by atoms with Gasteiger partial charge in [0, 0.05) is 36.6 Å². The summed E-state index contributed by atoms with van der Waals surface area (Å²) in [7, 11) is 0. The maximum absolute atomic E-state index is 13.2. The summed E-state index contributed by atoms with van der Waals surface area (Å²) in [4.78, 5) is 16.8. The maximum Gasteiger partial charge on any atom is 0.309 e. The molecule has 0 aliphatic carbocycles. The van der Waals surface area contributed by atoms with Crippen molar-refractivity contribution >= 4 is 22.6 Å². The highest BCUT2D eigenvalue weighted by Crippen LogP contribution is 2.28. The zero-order valence-corrected chi connectivity index (χ0v) is 18.5. The zero-order chi connectivity index (χ0) is 23.2. The number of aromatic nitrogens is 2. The molecule has 0 saturated carbocycles. The van der Waals surface area contributed by atoms with Crippen LogP contribution in [0.4, 0.5) is 4.39 Å². The summed E-state index contributed by atoms with van der Waals surface area (Å²) in [6.07, 6.45) is 11.4. The number of ether oxygens (including phenoxy) is 2. The molecule has 0 unspecified atom stereocenters. The van der Waals surface area contributed by atoms with Gasteiger partial charge in [-0.3, -0.25) is 4.79 Å². The molecule has 1 N–H and O–H groups in total. The molecule has 0 radical (unpaired) electrons. The SMILES string of the molecule is C/C=C(/COC1CCOCC1)c1c(/C=C/Cc2ccc(F)cc2)cnc2c(=O)n(O)ccc12. The molecule has 3 heterocycles. The topological polar surface area (TPSA) is 73.6 Å². The van der Waals surface area contributed by atoms with Crippen molar-refractivity contribution < 1.29 is 19.1 Å². The molecule has 0 amide bonds. The summed E-state index contributed by atoms with van der Waals surface area (Å²) in [6, 6.07) is 8.08. The van der Waals surface area contributed by atoms with Crippen LogP contribution in [0.2, 0.25) is 0 Å². The summed E-state index contributed by atoms with van der Waals surface area (Å²) >= 11 is 0. The van der Waals surface area contributed by atoms with Gasteiger partial charge in [-0.05, 0) is 61.1 Å². The van der Waals surface area contributed by atoms with Gasteiger partial charge in [0.2, 0.25) is 0 Å². The first kappa shape index (κ1) is 22.9. The van der Waals surface area contributed by atoms with Gasteiger partial charge in [0.15, 0.2) is 0 Å². The normalized spacial score (nSPS) is 15.5. The van der Waals surface area contributed by atoms with E-state index in [1.54, 1.807) is 24.4 Å². The number of allylic oxidation sites excluding steroid dienone is 2. The van der Waals surface area contributed by atoms with E-state index < -0.39 is 5.56 Å². The van der Waals surface area contributed by atoms with E-state index >= 15 is 0 Å². The van der Waals surface area contributed by atoms with Gasteiger partial charge in [-0.25, -0.2) is 9.37 Å². The van der Waals surface area contributed by atoms with Crippen LogP contribution < -0.4 is 5.56 Å². The largest absolute Gasteiger partial charge is 0.425 e. The Bertz CT molecular complexity index is 1230. The monoisotopic (exact) mass is 450 g/mol. The highest BCUT2D eigenvalue weighted by molar-refractivity contribution is 5.95. The van der Waals surface area contributed by atoms with Gasteiger partial charge in [0.05, 0.1) is 12.7 Å². The lowest BCUT2D eigenvalue weighted by atomic mass is 9.96. The minimum Gasteiger partial charge on any atom is -0.425 e. The van der Waals surface area contributed by atoms with Crippen molar-refractivity contribution in [3.8, 4) is 0 Å². The third-order valence-corrected chi connectivity index (χ3v) is 5.82. The molecule has 3 aromatic rings. The molecule has 4 rings (SSSR count). The van der Waals surface area contributed by atoms with Crippen molar-refractivity contribution in [1.29, 1.82) is 0 Å². The predicted octanol–water partition coefficient (Wildman–Crippen LogP) is 4.63. The first-order valence-electron chi connectivity index (χ1n) is 11.1. The minimum atomic E-state index is -0.573. The number of benzene rings is 1. The van der Waals surface area contributed by atoms with Crippen LogP contribution in [0.1, 0.15) is 36.5 Å². The number of hydrogen-bond donors (Lipinski definition) is 1. The van der Waals surface area contributed by atoms with Gasteiger partial charge < -0.3 is 14.7 Å².